The molecule has 0 unspecified atom stereocenters. The van der Waals surface area contributed by atoms with E-state index in [1.54, 1.807) is 18.2 Å². The second-order valence-corrected chi connectivity index (χ2v) is 4.79. The average Bonchev–Trinajstić information content (AvgIpc) is 2.39. The largest absolute Gasteiger partial charge is 0.391 e. The Balaban J connectivity index is 1.94. The molecule has 2 atom stereocenters. The van der Waals surface area contributed by atoms with Crippen LogP contribution in [0.15, 0.2) is 24.4 Å². The molecule has 0 radical (unpaired) electrons. The molecule has 0 spiro atoms. The SMILES string of the molecule is O=C(N[C@@H]1CCC[C@H](C(F)(F)F)C1)c1ccccn1. The van der Waals surface area contributed by atoms with Crippen LogP contribution in [0.5, 0.6) is 0 Å². The Bertz CT molecular complexity index is 433. The number of nitrogens with zero attached hydrogens (tertiary/aromatic N) is 1. The number of alkyl halides is 3. The lowest BCUT2D eigenvalue weighted by Crippen LogP contribution is -2.41. The molecule has 1 aliphatic rings. The normalized spacial score (nSPS) is 23.9. The molecule has 1 amide bonds. The zero-order valence-electron chi connectivity index (χ0n) is 10.3. The first-order valence-corrected chi connectivity index (χ1v) is 6.25. The van der Waals surface area contributed by atoms with Crippen molar-refractivity contribution in [3.8, 4) is 0 Å². The molecule has 104 valence electrons. The Hall–Kier alpha value is -1.59. The summed E-state index contributed by atoms with van der Waals surface area (Å²) in [5, 5.41) is 2.64. The van der Waals surface area contributed by atoms with Crippen LogP contribution in [0.4, 0.5) is 13.2 Å². The van der Waals surface area contributed by atoms with Crippen LogP contribution in [0.3, 0.4) is 0 Å². The first-order valence-electron chi connectivity index (χ1n) is 6.25. The highest BCUT2D eigenvalue weighted by molar-refractivity contribution is 5.92. The first kappa shape index (κ1) is 13.8. The second kappa shape index (κ2) is 5.59. The van der Waals surface area contributed by atoms with E-state index in [4.69, 9.17) is 0 Å². The molecule has 1 aromatic rings. The van der Waals surface area contributed by atoms with Gasteiger partial charge in [-0.05, 0) is 31.4 Å². The number of halogens is 3. The third-order valence-corrected chi connectivity index (χ3v) is 3.37. The van der Waals surface area contributed by atoms with Crippen molar-refractivity contribution >= 4 is 5.91 Å². The minimum atomic E-state index is -4.17. The highest BCUT2D eigenvalue weighted by Gasteiger charge is 2.42. The van der Waals surface area contributed by atoms with Gasteiger partial charge in [-0.3, -0.25) is 9.78 Å². The number of aromatic nitrogens is 1. The van der Waals surface area contributed by atoms with E-state index in [1.807, 2.05) is 0 Å². The molecule has 1 aromatic heterocycles. The van der Waals surface area contributed by atoms with Gasteiger partial charge < -0.3 is 5.32 Å². The topological polar surface area (TPSA) is 42.0 Å². The van der Waals surface area contributed by atoms with Crippen molar-refractivity contribution in [3.63, 3.8) is 0 Å². The van der Waals surface area contributed by atoms with Crippen molar-refractivity contribution in [2.45, 2.75) is 37.9 Å². The van der Waals surface area contributed by atoms with Crippen molar-refractivity contribution in [1.29, 1.82) is 0 Å². The van der Waals surface area contributed by atoms with Crippen molar-refractivity contribution in [2.24, 2.45) is 5.92 Å². The molecule has 1 saturated carbocycles. The number of carbonyl (C=O) groups excluding carboxylic acids is 1. The van der Waals surface area contributed by atoms with Crippen molar-refractivity contribution in [3.05, 3.63) is 30.1 Å². The van der Waals surface area contributed by atoms with Crippen molar-refractivity contribution < 1.29 is 18.0 Å². The molecule has 0 saturated heterocycles. The predicted molar refractivity (Wildman–Crippen MR) is 63.5 cm³/mol. The van der Waals surface area contributed by atoms with Gasteiger partial charge in [0.25, 0.3) is 5.91 Å². The zero-order chi connectivity index (χ0) is 13.9. The van der Waals surface area contributed by atoms with E-state index in [2.05, 4.69) is 10.3 Å². The average molecular weight is 272 g/mol. The van der Waals surface area contributed by atoms with Gasteiger partial charge in [0, 0.05) is 12.2 Å². The maximum absolute atomic E-state index is 12.6. The number of amides is 1. The molecule has 19 heavy (non-hydrogen) atoms. The smallest absolute Gasteiger partial charge is 0.348 e. The second-order valence-electron chi connectivity index (χ2n) is 4.79. The first-order chi connectivity index (χ1) is 8.97. The van der Waals surface area contributed by atoms with Gasteiger partial charge in [-0.2, -0.15) is 13.2 Å². The minimum Gasteiger partial charge on any atom is -0.348 e. The Labute approximate surface area is 109 Å². The van der Waals surface area contributed by atoms with Crippen LogP contribution in [0.25, 0.3) is 0 Å². The van der Waals surface area contributed by atoms with E-state index in [1.165, 1.54) is 6.20 Å². The third-order valence-electron chi connectivity index (χ3n) is 3.37. The third kappa shape index (κ3) is 3.68. The summed E-state index contributed by atoms with van der Waals surface area (Å²) in [6.45, 7) is 0. The van der Waals surface area contributed by atoms with Crippen LogP contribution < -0.4 is 5.32 Å². The molecule has 0 aliphatic heterocycles. The number of hydrogen-bond acceptors (Lipinski definition) is 2. The summed E-state index contributed by atoms with van der Waals surface area (Å²) in [5.41, 5.74) is 0.233. The predicted octanol–water partition coefficient (Wildman–Crippen LogP) is 2.93. The molecule has 0 bridgehead atoms. The molecule has 6 heteroatoms. The molecule has 1 aliphatic carbocycles. The fourth-order valence-corrected chi connectivity index (χ4v) is 2.37. The molecular weight excluding hydrogens is 257 g/mol. The van der Waals surface area contributed by atoms with E-state index >= 15 is 0 Å². The Morgan fingerprint density at radius 1 is 1.32 bits per heavy atom. The molecule has 1 heterocycles. The van der Waals surface area contributed by atoms with Gasteiger partial charge in [0.05, 0.1) is 5.92 Å². The van der Waals surface area contributed by atoms with Crippen LogP contribution in [0.2, 0.25) is 0 Å². The molecule has 1 fully saturated rings. The van der Waals surface area contributed by atoms with Crippen molar-refractivity contribution in [1.82, 2.24) is 10.3 Å². The quantitative estimate of drug-likeness (QED) is 0.899. The van der Waals surface area contributed by atoms with E-state index in [0.717, 1.165) is 0 Å². The van der Waals surface area contributed by atoms with E-state index in [9.17, 15) is 18.0 Å². The van der Waals surface area contributed by atoms with Gasteiger partial charge in [0.1, 0.15) is 5.69 Å². The van der Waals surface area contributed by atoms with Crippen LogP contribution in [0, 0.1) is 5.92 Å². The molecule has 1 N–H and O–H groups in total. The van der Waals surface area contributed by atoms with Crippen LogP contribution in [0.1, 0.15) is 36.2 Å². The standard InChI is InChI=1S/C13H15F3N2O/c14-13(15,16)9-4-3-5-10(8-9)18-12(19)11-6-1-2-7-17-11/h1-2,6-7,9-10H,3-5,8H2,(H,18,19)/t9-,10+/m0/s1. The number of carbonyl (C=O) groups is 1. The maximum atomic E-state index is 12.6. The highest BCUT2D eigenvalue weighted by Crippen LogP contribution is 2.37. The fraction of sp³-hybridized carbons (Fsp3) is 0.538. The highest BCUT2D eigenvalue weighted by atomic mass is 19.4. The van der Waals surface area contributed by atoms with Gasteiger partial charge >= 0.3 is 6.18 Å². The lowest BCUT2D eigenvalue weighted by Gasteiger charge is -2.30. The van der Waals surface area contributed by atoms with E-state index in [-0.39, 0.29) is 18.5 Å². The summed E-state index contributed by atoms with van der Waals surface area (Å²) in [7, 11) is 0. The fourth-order valence-electron chi connectivity index (χ4n) is 2.37. The molecule has 0 aromatic carbocycles. The van der Waals surface area contributed by atoms with Gasteiger partial charge in [-0.25, -0.2) is 0 Å². The number of nitrogens with one attached hydrogen (secondary N) is 1. The summed E-state index contributed by atoms with van der Waals surface area (Å²) >= 11 is 0. The Morgan fingerprint density at radius 2 is 2.11 bits per heavy atom. The lowest BCUT2D eigenvalue weighted by atomic mass is 9.85. The summed E-state index contributed by atoms with van der Waals surface area (Å²) in [5.74, 6) is -1.72. The van der Waals surface area contributed by atoms with Crippen LogP contribution >= 0.6 is 0 Å². The summed E-state index contributed by atoms with van der Waals surface area (Å²) in [6, 6.07) is 4.47. The van der Waals surface area contributed by atoms with Gasteiger partial charge in [-0.1, -0.05) is 12.5 Å². The number of rotatable bonds is 2. The van der Waals surface area contributed by atoms with Crippen LogP contribution in [-0.2, 0) is 0 Å². The summed E-state index contributed by atoms with van der Waals surface area (Å²) in [6.07, 6.45) is -1.51. The van der Waals surface area contributed by atoms with Gasteiger partial charge in [-0.15, -0.1) is 0 Å². The zero-order valence-corrected chi connectivity index (χ0v) is 10.3. The van der Waals surface area contributed by atoms with Crippen LogP contribution in [-0.4, -0.2) is 23.1 Å². The molecule has 3 nitrogen and oxygen atoms in total. The Kier molecular flexibility index (Phi) is 4.07. The summed E-state index contributed by atoms with van der Waals surface area (Å²) in [4.78, 5) is 15.7. The summed E-state index contributed by atoms with van der Waals surface area (Å²) < 4.78 is 37.9. The molecular formula is C13H15F3N2O. The van der Waals surface area contributed by atoms with E-state index < -0.39 is 24.0 Å². The number of pyridine rings is 1. The minimum absolute atomic E-state index is 0.0396. The Morgan fingerprint density at radius 3 is 2.74 bits per heavy atom. The lowest BCUT2D eigenvalue weighted by molar-refractivity contribution is -0.183. The van der Waals surface area contributed by atoms with Gasteiger partial charge in [0.2, 0.25) is 0 Å². The van der Waals surface area contributed by atoms with E-state index in [0.29, 0.717) is 12.8 Å². The molecule has 2 rings (SSSR count). The van der Waals surface area contributed by atoms with Gasteiger partial charge in [0.15, 0.2) is 0 Å². The maximum Gasteiger partial charge on any atom is 0.391 e. The monoisotopic (exact) mass is 272 g/mol. The number of hydrogen-bond donors (Lipinski definition) is 1. The van der Waals surface area contributed by atoms with Crippen molar-refractivity contribution in [2.75, 3.05) is 0 Å².